The maximum absolute atomic E-state index is 13.0. The van der Waals surface area contributed by atoms with Crippen molar-refractivity contribution in [1.29, 1.82) is 0 Å². The summed E-state index contributed by atoms with van der Waals surface area (Å²) in [6.07, 6.45) is 7.24. The number of nitrogens with zero attached hydrogens (tertiary/aromatic N) is 3. The van der Waals surface area contributed by atoms with Gasteiger partial charge in [-0.1, -0.05) is 29.8 Å². The Bertz CT molecular complexity index is 1110. The highest BCUT2D eigenvalue weighted by molar-refractivity contribution is 7.18. The van der Waals surface area contributed by atoms with Crippen molar-refractivity contribution in [3.05, 3.63) is 62.5 Å². The largest absolute Gasteiger partial charge is 0.286 e. The monoisotopic (exact) mass is 394 g/mol. The third kappa shape index (κ3) is 3.49. The van der Waals surface area contributed by atoms with E-state index in [0.717, 1.165) is 47.2 Å². The Kier molecular flexibility index (Phi) is 5.09. The van der Waals surface area contributed by atoms with Gasteiger partial charge in [-0.05, 0) is 50.7 Å². The highest BCUT2D eigenvalue weighted by Gasteiger charge is 2.23. The van der Waals surface area contributed by atoms with Crippen LogP contribution in [0.25, 0.3) is 10.2 Å². The maximum Gasteiger partial charge on any atom is 0.263 e. The first-order valence-corrected chi connectivity index (χ1v) is 10.3. The molecule has 7 heteroatoms. The van der Waals surface area contributed by atoms with Gasteiger partial charge in [-0.25, -0.2) is 10.4 Å². The number of hydrazone groups is 1. The van der Waals surface area contributed by atoms with E-state index in [0.29, 0.717) is 5.39 Å². The molecule has 2 aromatic heterocycles. The predicted molar refractivity (Wildman–Crippen MR) is 112 cm³/mol. The molecule has 144 valence electrons. The number of aryl methyl sites for hydroxylation is 3. The van der Waals surface area contributed by atoms with Gasteiger partial charge in [-0.2, -0.15) is 5.10 Å². The highest BCUT2D eigenvalue weighted by Crippen LogP contribution is 2.33. The molecule has 1 N–H and O–H groups in total. The number of nitrogens with one attached hydrogen (secondary N) is 1. The van der Waals surface area contributed by atoms with E-state index in [2.05, 4.69) is 15.5 Å². The van der Waals surface area contributed by atoms with Crippen LogP contribution >= 0.6 is 11.3 Å². The zero-order chi connectivity index (χ0) is 19.7. The van der Waals surface area contributed by atoms with Crippen LogP contribution in [-0.4, -0.2) is 21.7 Å². The Labute approximate surface area is 166 Å². The van der Waals surface area contributed by atoms with Crippen LogP contribution in [0, 0.1) is 6.92 Å². The van der Waals surface area contributed by atoms with E-state index in [-0.39, 0.29) is 11.5 Å². The van der Waals surface area contributed by atoms with E-state index < -0.39 is 6.04 Å². The van der Waals surface area contributed by atoms with Crippen molar-refractivity contribution in [3.8, 4) is 0 Å². The lowest BCUT2D eigenvalue weighted by atomic mass is 9.97. The van der Waals surface area contributed by atoms with Crippen molar-refractivity contribution in [2.75, 3.05) is 0 Å². The number of benzene rings is 1. The lowest BCUT2D eigenvalue weighted by Gasteiger charge is -2.14. The number of hydrogen-bond donors (Lipinski definition) is 1. The first kappa shape index (κ1) is 18.6. The van der Waals surface area contributed by atoms with Crippen LogP contribution in [-0.2, 0) is 17.6 Å². The van der Waals surface area contributed by atoms with Gasteiger partial charge < -0.3 is 0 Å². The standard InChI is InChI=1S/C21H22N4O2S/c1-13-7-9-15(10-8-13)11-23-24-19(26)14(2)25-12-22-20-18(21(25)27)16-5-3-4-6-17(16)28-20/h7-12,14H,3-6H2,1-2H3,(H,24,26)/b23-11+/t14-/m1/s1. The van der Waals surface area contributed by atoms with Gasteiger partial charge in [0.25, 0.3) is 11.5 Å². The molecule has 0 radical (unpaired) electrons. The minimum atomic E-state index is -0.696. The first-order valence-electron chi connectivity index (χ1n) is 9.45. The summed E-state index contributed by atoms with van der Waals surface area (Å²) < 4.78 is 1.40. The Morgan fingerprint density at radius 2 is 2.04 bits per heavy atom. The van der Waals surface area contributed by atoms with Gasteiger partial charge in [0.05, 0.1) is 17.9 Å². The lowest BCUT2D eigenvalue weighted by molar-refractivity contribution is -0.123. The third-order valence-corrected chi connectivity index (χ3v) is 6.36. The number of thiophene rings is 1. The summed E-state index contributed by atoms with van der Waals surface area (Å²) in [4.78, 5) is 32.0. The van der Waals surface area contributed by atoms with Crippen molar-refractivity contribution >= 4 is 33.7 Å². The molecule has 0 saturated carbocycles. The Morgan fingerprint density at radius 3 is 2.82 bits per heavy atom. The fourth-order valence-electron chi connectivity index (χ4n) is 3.48. The smallest absolute Gasteiger partial charge is 0.263 e. The van der Waals surface area contributed by atoms with Gasteiger partial charge in [-0.3, -0.25) is 14.2 Å². The summed E-state index contributed by atoms with van der Waals surface area (Å²) in [6.45, 7) is 3.70. The number of amides is 1. The molecule has 1 amide bonds. The van der Waals surface area contributed by atoms with Crippen LogP contribution < -0.4 is 11.0 Å². The van der Waals surface area contributed by atoms with Gasteiger partial charge in [0.2, 0.25) is 0 Å². The van der Waals surface area contributed by atoms with Crippen molar-refractivity contribution in [2.24, 2.45) is 5.10 Å². The van der Waals surface area contributed by atoms with Crippen LogP contribution in [0.15, 0.2) is 40.5 Å². The van der Waals surface area contributed by atoms with Gasteiger partial charge in [0.15, 0.2) is 0 Å². The molecular weight excluding hydrogens is 372 g/mol. The van der Waals surface area contributed by atoms with Crippen molar-refractivity contribution < 1.29 is 4.79 Å². The molecule has 0 spiro atoms. The second-order valence-corrected chi connectivity index (χ2v) is 8.25. The second-order valence-electron chi connectivity index (χ2n) is 7.17. The lowest BCUT2D eigenvalue weighted by Crippen LogP contribution is -2.34. The van der Waals surface area contributed by atoms with Gasteiger partial charge >= 0.3 is 0 Å². The molecule has 0 fully saturated rings. The average molecular weight is 395 g/mol. The molecule has 6 nitrogen and oxygen atoms in total. The van der Waals surface area contributed by atoms with E-state index in [4.69, 9.17) is 0 Å². The zero-order valence-corrected chi connectivity index (χ0v) is 16.8. The van der Waals surface area contributed by atoms with Crippen LogP contribution in [0.1, 0.15) is 47.4 Å². The van der Waals surface area contributed by atoms with Crippen molar-refractivity contribution in [3.63, 3.8) is 0 Å². The van der Waals surface area contributed by atoms with E-state index in [1.807, 2.05) is 31.2 Å². The molecule has 0 unspecified atom stereocenters. The maximum atomic E-state index is 13.0. The summed E-state index contributed by atoms with van der Waals surface area (Å²) in [5.41, 5.74) is 5.56. The molecule has 2 heterocycles. The summed E-state index contributed by atoms with van der Waals surface area (Å²) >= 11 is 1.61. The quantitative estimate of drug-likeness (QED) is 0.545. The Hall–Kier alpha value is -2.80. The third-order valence-electron chi connectivity index (χ3n) is 5.16. The van der Waals surface area contributed by atoms with E-state index >= 15 is 0 Å². The molecular formula is C21H22N4O2S. The summed E-state index contributed by atoms with van der Waals surface area (Å²) in [5.74, 6) is -0.351. The first-order chi connectivity index (χ1) is 13.5. The SMILES string of the molecule is Cc1ccc(/C=N/NC(=O)[C@@H](C)n2cnc3sc4c(c3c2=O)CCCC4)cc1. The Balaban J connectivity index is 1.55. The van der Waals surface area contributed by atoms with Gasteiger partial charge in [0, 0.05) is 4.88 Å². The van der Waals surface area contributed by atoms with E-state index in [9.17, 15) is 9.59 Å². The number of fused-ring (bicyclic) bond motifs is 3. The number of hydrogen-bond acceptors (Lipinski definition) is 5. The van der Waals surface area contributed by atoms with Crippen LogP contribution in [0.2, 0.25) is 0 Å². The van der Waals surface area contributed by atoms with E-state index in [1.165, 1.54) is 15.8 Å². The molecule has 0 bridgehead atoms. The minimum absolute atomic E-state index is 0.144. The molecule has 1 aliphatic rings. The molecule has 1 aromatic carbocycles. The van der Waals surface area contributed by atoms with Gasteiger partial charge in [-0.15, -0.1) is 11.3 Å². The number of aromatic nitrogens is 2. The van der Waals surface area contributed by atoms with Crippen molar-refractivity contribution in [2.45, 2.75) is 45.6 Å². The zero-order valence-electron chi connectivity index (χ0n) is 15.9. The highest BCUT2D eigenvalue weighted by atomic mass is 32.1. The van der Waals surface area contributed by atoms with Gasteiger partial charge in [0.1, 0.15) is 10.9 Å². The van der Waals surface area contributed by atoms with Crippen LogP contribution in [0.3, 0.4) is 0 Å². The second kappa shape index (κ2) is 7.67. The molecule has 28 heavy (non-hydrogen) atoms. The summed E-state index contributed by atoms with van der Waals surface area (Å²) in [6, 6.07) is 7.12. The molecule has 4 rings (SSSR count). The normalized spacial score (nSPS) is 14.9. The fourth-order valence-corrected chi connectivity index (χ4v) is 4.70. The number of rotatable bonds is 4. The topological polar surface area (TPSA) is 76.3 Å². The number of carbonyl (C=O) groups is 1. The molecule has 1 atom stereocenters. The van der Waals surface area contributed by atoms with Crippen LogP contribution in [0.5, 0.6) is 0 Å². The molecule has 3 aromatic rings. The summed E-state index contributed by atoms with van der Waals surface area (Å²) in [5, 5.41) is 4.70. The Morgan fingerprint density at radius 1 is 1.29 bits per heavy atom. The minimum Gasteiger partial charge on any atom is -0.286 e. The van der Waals surface area contributed by atoms with Crippen LogP contribution in [0.4, 0.5) is 0 Å². The number of carbonyl (C=O) groups excluding carboxylic acids is 1. The van der Waals surface area contributed by atoms with Crippen molar-refractivity contribution in [1.82, 2.24) is 15.0 Å². The summed E-state index contributed by atoms with van der Waals surface area (Å²) in [7, 11) is 0. The predicted octanol–water partition coefficient (Wildman–Crippen LogP) is 3.36. The molecule has 1 aliphatic carbocycles. The fraction of sp³-hybridized carbons (Fsp3) is 0.333. The average Bonchev–Trinajstić information content (AvgIpc) is 3.08. The molecule has 0 saturated heterocycles. The molecule has 0 aliphatic heterocycles. The van der Waals surface area contributed by atoms with E-state index in [1.54, 1.807) is 24.5 Å².